The van der Waals surface area contributed by atoms with E-state index in [-0.39, 0.29) is 0 Å². The second-order valence-electron chi connectivity index (χ2n) is 4.99. The summed E-state index contributed by atoms with van der Waals surface area (Å²) in [4.78, 5) is 2.41. The Kier molecular flexibility index (Phi) is 4.09. The van der Waals surface area contributed by atoms with Crippen molar-refractivity contribution in [2.24, 2.45) is 0 Å². The maximum absolute atomic E-state index is 9.27. The summed E-state index contributed by atoms with van der Waals surface area (Å²) in [5, 5.41) is 9.27. The summed E-state index contributed by atoms with van der Waals surface area (Å²) in [5.41, 5.74) is 8.19. The molecule has 3 heteroatoms. The summed E-state index contributed by atoms with van der Waals surface area (Å²) >= 11 is 0. The summed E-state index contributed by atoms with van der Waals surface area (Å²) in [6, 6.07) is 8.52. The zero-order valence-corrected chi connectivity index (χ0v) is 11.0. The van der Waals surface area contributed by atoms with Crippen molar-refractivity contribution in [1.82, 2.24) is 0 Å². The van der Waals surface area contributed by atoms with Crippen molar-refractivity contribution in [2.45, 2.75) is 45.1 Å². The number of nitriles is 1. The lowest BCUT2D eigenvalue weighted by Crippen LogP contribution is -2.34. The highest BCUT2D eigenvalue weighted by Crippen LogP contribution is 2.29. The van der Waals surface area contributed by atoms with Gasteiger partial charge in [-0.25, -0.2) is 0 Å². The predicted molar refractivity (Wildman–Crippen MR) is 75.5 cm³/mol. The molecule has 0 saturated carbocycles. The monoisotopic (exact) mass is 243 g/mol. The van der Waals surface area contributed by atoms with Gasteiger partial charge >= 0.3 is 0 Å². The van der Waals surface area contributed by atoms with Gasteiger partial charge in [0.05, 0.1) is 11.3 Å². The van der Waals surface area contributed by atoms with Crippen LogP contribution in [0.5, 0.6) is 0 Å². The van der Waals surface area contributed by atoms with Crippen LogP contribution in [0.4, 0.5) is 11.4 Å². The van der Waals surface area contributed by atoms with Crippen LogP contribution in [0.15, 0.2) is 18.2 Å². The molecule has 1 saturated heterocycles. The second-order valence-corrected chi connectivity index (χ2v) is 4.99. The summed E-state index contributed by atoms with van der Waals surface area (Å²) < 4.78 is 0. The molecule has 0 bridgehead atoms. The van der Waals surface area contributed by atoms with Gasteiger partial charge in [-0.15, -0.1) is 0 Å². The molecule has 1 heterocycles. The molecule has 0 amide bonds. The maximum atomic E-state index is 9.27. The Morgan fingerprint density at radius 3 is 2.94 bits per heavy atom. The lowest BCUT2D eigenvalue weighted by atomic mass is 10.1. The molecule has 1 unspecified atom stereocenters. The molecule has 2 rings (SSSR count). The van der Waals surface area contributed by atoms with Crippen LogP contribution in [-0.4, -0.2) is 12.6 Å². The molecule has 18 heavy (non-hydrogen) atoms. The lowest BCUT2D eigenvalue weighted by molar-refractivity contribution is 0.556. The van der Waals surface area contributed by atoms with E-state index in [0.29, 0.717) is 17.3 Å². The zero-order chi connectivity index (χ0) is 13.0. The Balaban J connectivity index is 2.36. The first-order valence-electron chi connectivity index (χ1n) is 6.82. The molecule has 0 aliphatic carbocycles. The molecule has 1 aromatic carbocycles. The smallest absolute Gasteiger partial charge is 0.101 e. The number of rotatable bonds is 2. The van der Waals surface area contributed by atoms with Gasteiger partial charge in [-0.2, -0.15) is 5.26 Å². The average molecular weight is 243 g/mol. The molecular formula is C15H21N3. The Morgan fingerprint density at radius 1 is 1.39 bits per heavy atom. The lowest BCUT2D eigenvalue weighted by Gasteiger charge is -2.32. The van der Waals surface area contributed by atoms with Gasteiger partial charge in [-0.1, -0.05) is 19.8 Å². The summed E-state index contributed by atoms with van der Waals surface area (Å²) in [6.07, 6.45) is 6.17. The first-order valence-corrected chi connectivity index (χ1v) is 6.82. The van der Waals surface area contributed by atoms with Crippen molar-refractivity contribution in [3.63, 3.8) is 0 Å². The normalized spacial score (nSPS) is 20.2. The fourth-order valence-electron chi connectivity index (χ4n) is 2.81. The Labute approximate surface area is 109 Å². The van der Waals surface area contributed by atoms with Crippen LogP contribution in [-0.2, 0) is 0 Å². The Hall–Kier alpha value is -1.69. The van der Waals surface area contributed by atoms with E-state index in [2.05, 4.69) is 17.9 Å². The van der Waals surface area contributed by atoms with Gasteiger partial charge < -0.3 is 10.6 Å². The quantitative estimate of drug-likeness (QED) is 0.811. The largest absolute Gasteiger partial charge is 0.399 e. The first-order chi connectivity index (χ1) is 8.76. The van der Waals surface area contributed by atoms with E-state index in [4.69, 9.17) is 5.73 Å². The van der Waals surface area contributed by atoms with Gasteiger partial charge in [0.1, 0.15) is 6.07 Å². The topological polar surface area (TPSA) is 53.0 Å². The average Bonchev–Trinajstić information content (AvgIpc) is 2.63. The van der Waals surface area contributed by atoms with E-state index >= 15 is 0 Å². The molecule has 1 aromatic rings. The van der Waals surface area contributed by atoms with Crippen molar-refractivity contribution in [3.8, 4) is 6.07 Å². The SMILES string of the molecule is CCC1CCCCCN1c1ccc(N)cc1C#N. The van der Waals surface area contributed by atoms with Gasteiger partial charge in [0, 0.05) is 18.3 Å². The highest BCUT2D eigenvalue weighted by molar-refractivity contribution is 5.64. The Bertz CT molecular complexity index is 448. The van der Waals surface area contributed by atoms with Gasteiger partial charge in [0.25, 0.3) is 0 Å². The molecule has 1 fully saturated rings. The minimum absolute atomic E-state index is 0.559. The number of nitrogens with zero attached hydrogens (tertiary/aromatic N) is 2. The minimum Gasteiger partial charge on any atom is -0.399 e. The van der Waals surface area contributed by atoms with Crippen molar-refractivity contribution >= 4 is 11.4 Å². The molecule has 1 atom stereocenters. The van der Waals surface area contributed by atoms with Crippen LogP contribution in [0.2, 0.25) is 0 Å². The summed E-state index contributed by atoms with van der Waals surface area (Å²) in [5.74, 6) is 0. The number of nitrogen functional groups attached to an aromatic ring is 1. The third-order valence-electron chi connectivity index (χ3n) is 3.80. The van der Waals surface area contributed by atoms with Gasteiger partial charge in [0.15, 0.2) is 0 Å². The van der Waals surface area contributed by atoms with Crippen molar-refractivity contribution in [2.75, 3.05) is 17.2 Å². The van der Waals surface area contributed by atoms with Gasteiger partial charge in [-0.05, 0) is 37.5 Å². The minimum atomic E-state index is 0.559. The van der Waals surface area contributed by atoms with Gasteiger partial charge in [0.2, 0.25) is 0 Å². The standard InChI is InChI=1S/C15H21N3/c1-2-14-6-4-3-5-9-18(14)15-8-7-13(17)10-12(15)11-16/h7-8,10,14H,2-6,9,17H2,1H3. The molecule has 0 aromatic heterocycles. The van der Waals surface area contributed by atoms with Crippen LogP contribution >= 0.6 is 0 Å². The second kappa shape index (κ2) is 5.77. The number of anilines is 2. The number of hydrogen-bond donors (Lipinski definition) is 1. The van der Waals surface area contributed by atoms with Crippen molar-refractivity contribution in [1.29, 1.82) is 5.26 Å². The van der Waals surface area contributed by atoms with Crippen molar-refractivity contribution < 1.29 is 0 Å². The van der Waals surface area contributed by atoms with Crippen LogP contribution < -0.4 is 10.6 Å². The number of hydrogen-bond acceptors (Lipinski definition) is 3. The van der Waals surface area contributed by atoms with E-state index < -0.39 is 0 Å². The van der Waals surface area contributed by atoms with E-state index in [1.54, 1.807) is 6.07 Å². The molecule has 1 aliphatic rings. The first kappa shape index (κ1) is 12.8. The third-order valence-corrected chi connectivity index (χ3v) is 3.80. The van der Waals surface area contributed by atoms with Gasteiger partial charge in [-0.3, -0.25) is 0 Å². The summed E-state index contributed by atoms with van der Waals surface area (Å²) in [6.45, 7) is 3.28. The van der Waals surface area contributed by atoms with E-state index in [0.717, 1.165) is 18.7 Å². The zero-order valence-electron chi connectivity index (χ0n) is 11.0. The molecule has 2 N–H and O–H groups in total. The molecule has 0 radical (unpaired) electrons. The van der Waals surface area contributed by atoms with E-state index in [9.17, 15) is 5.26 Å². The highest BCUT2D eigenvalue weighted by Gasteiger charge is 2.21. The predicted octanol–water partition coefficient (Wildman–Crippen LogP) is 3.30. The van der Waals surface area contributed by atoms with Crippen LogP contribution in [0, 0.1) is 11.3 Å². The van der Waals surface area contributed by atoms with Crippen LogP contribution in [0.1, 0.15) is 44.6 Å². The van der Waals surface area contributed by atoms with Crippen LogP contribution in [0.25, 0.3) is 0 Å². The number of nitrogens with two attached hydrogens (primary N) is 1. The van der Waals surface area contributed by atoms with E-state index in [1.165, 1.54) is 25.7 Å². The van der Waals surface area contributed by atoms with Crippen LogP contribution in [0.3, 0.4) is 0 Å². The van der Waals surface area contributed by atoms with E-state index in [1.807, 2.05) is 12.1 Å². The maximum Gasteiger partial charge on any atom is 0.101 e. The molecule has 3 nitrogen and oxygen atoms in total. The molecular weight excluding hydrogens is 222 g/mol. The molecule has 0 spiro atoms. The van der Waals surface area contributed by atoms with Crippen molar-refractivity contribution in [3.05, 3.63) is 23.8 Å². The Morgan fingerprint density at radius 2 is 2.22 bits per heavy atom. The highest BCUT2D eigenvalue weighted by atomic mass is 15.2. The number of benzene rings is 1. The fraction of sp³-hybridized carbons (Fsp3) is 0.533. The summed E-state index contributed by atoms with van der Waals surface area (Å²) in [7, 11) is 0. The molecule has 96 valence electrons. The molecule has 1 aliphatic heterocycles. The fourth-order valence-corrected chi connectivity index (χ4v) is 2.81. The third kappa shape index (κ3) is 2.59.